The maximum Gasteiger partial charge on any atom is 0.326 e. The predicted octanol–water partition coefficient (Wildman–Crippen LogP) is 0.903. The minimum atomic E-state index is -3.22. The van der Waals surface area contributed by atoms with E-state index in [0.717, 1.165) is 6.26 Å². The first-order valence-corrected chi connectivity index (χ1v) is 7.50. The van der Waals surface area contributed by atoms with Gasteiger partial charge in [-0.3, -0.25) is 4.79 Å². The molecular weight excluding hydrogens is 242 g/mol. The van der Waals surface area contributed by atoms with Crippen molar-refractivity contribution < 1.29 is 17.9 Å². The van der Waals surface area contributed by atoms with Gasteiger partial charge < -0.3 is 4.74 Å². The van der Waals surface area contributed by atoms with Crippen molar-refractivity contribution in [1.82, 2.24) is 0 Å². The van der Waals surface area contributed by atoms with E-state index >= 15 is 0 Å². The molecule has 6 heteroatoms. The fourth-order valence-electron chi connectivity index (χ4n) is 2.31. The third kappa shape index (κ3) is 2.44. The lowest BCUT2D eigenvalue weighted by Crippen LogP contribution is -2.34. The molecule has 96 valence electrons. The van der Waals surface area contributed by atoms with Gasteiger partial charge in [0.15, 0.2) is 5.41 Å². The Labute approximate surface area is 102 Å². The van der Waals surface area contributed by atoms with Crippen molar-refractivity contribution in [2.75, 3.05) is 12.9 Å². The van der Waals surface area contributed by atoms with Crippen LogP contribution in [-0.4, -0.2) is 32.5 Å². The average molecular weight is 259 g/mol. The van der Waals surface area contributed by atoms with Crippen LogP contribution in [0.4, 0.5) is 0 Å². The van der Waals surface area contributed by atoms with E-state index in [-0.39, 0.29) is 18.9 Å². The normalized spacial score (nSPS) is 33.1. The highest BCUT2D eigenvalue weighted by atomic mass is 32.2. The Hall–Kier alpha value is -1.09. The highest BCUT2D eigenvalue weighted by molar-refractivity contribution is 7.91. The van der Waals surface area contributed by atoms with Gasteiger partial charge in [0.1, 0.15) is 9.84 Å². The van der Waals surface area contributed by atoms with Crippen LogP contribution in [0.1, 0.15) is 26.7 Å². The number of carbonyl (C=O) groups excluding carboxylic acids is 1. The molecule has 1 aliphatic carbocycles. The van der Waals surface area contributed by atoms with Gasteiger partial charge in [0.2, 0.25) is 0 Å². The molecule has 3 unspecified atom stereocenters. The highest BCUT2D eigenvalue weighted by Crippen LogP contribution is 2.46. The fraction of sp³-hybridized carbons (Fsp3) is 0.818. The summed E-state index contributed by atoms with van der Waals surface area (Å²) in [5.41, 5.74) is -1.30. The quantitative estimate of drug-likeness (QED) is 0.703. The van der Waals surface area contributed by atoms with Gasteiger partial charge in [0, 0.05) is 6.26 Å². The first kappa shape index (κ1) is 14.0. The second kappa shape index (κ2) is 4.65. The lowest BCUT2D eigenvalue weighted by molar-refractivity contribution is -0.153. The van der Waals surface area contributed by atoms with Crippen molar-refractivity contribution in [3.8, 4) is 6.07 Å². The maximum absolute atomic E-state index is 11.8. The summed E-state index contributed by atoms with van der Waals surface area (Å²) in [6.45, 7) is 3.58. The second-order valence-corrected chi connectivity index (χ2v) is 6.92. The SMILES string of the molecule is CCOC(=O)C1(C#N)CC(S(C)(=O)=O)CC1C. The standard InChI is InChI=1S/C11H17NO4S/c1-4-16-10(13)11(7-12)6-9(5-8(11)2)17(3,14)15/h8-9H,4-6H2,1-3H3. The summed E-state index contributed by atoms with van der Waals surface area (Å²) in [5.74, 6) is -0.896. The monoisotopic (exact) mass is 259 g/mol. The van der Waals surface area contributed by atoms with Crippen LogP contribution < -0.4 is 0 Å². The van der Waals surface area contributed by atoms with Crippen LogP contribution in [0.15, 0.2) is 0 Å². The molecule has 1 fully saturated rings. The third-order valence-corrected chi connectivity index (χ3v) is 5.02. The largest absolute Gasteiger partial charge is 0.465 e. The Kier molecular flexibility index (Phi) is 3.82. The lowest BCUT2D eigenvalue weighted by atomic mass is 9.80. The van der Waals surface area contributed by atoms with Gasteiger partial charge in [0.25, 0.3) is 0 Å². The van der Waals surface area contributed by atoms with E-state index in [0.29, 0.717) is 6.42 Å². The van der Waals surface area contributed by atoms with E-state index in [2.05, 4.69) is 0 Å². The van der Waals surface area contributed by atoms with Crippen LogP contribution in [0.3, 0.4) is 0 Å². The summed E-state index contributed by atoms with van der Waals surface area (Å²) < 4.78 is 27.9. The van der Waals surface area contributed by atoms with Crippen LogP contribution in [0, 0.1) is 22.7 Å². The van der Waals surface area contributed by atoms with E-state index in [1.807, 2.05) is 6.07 Å². The Morgan fingerprint density at radius 1 is 1.59 bits per heavy atom. The molecule has 1 saturated carbocycles. The van der Waals surface area contributed by atoms with Gasteiger partial charge >= 0.3 is 5.97 Å². The Balaban J connectivity index is 3.04. The van der Waals surface area contributed by atoms with Crippen LogP contribution in [0.2, 0.25) is 0 Å². The van der Waals surface area contributed by atoms with Crippen LogP contribution in [-0.2, 0) is 19.4 Å². The van der Waals surface area contributed by atoms with Crippen LogP contribution in [0.5, 0.6) is 0 Å². The molecule has 1 rings (SSSR count). The number of ether oxygens (including phenoxy) is 1. The van der Waals surface area contributed by atoms with Crippen molar-refractivity contribution in [3.05, 3.63) is 0 Å². The molecule has 17 heavy (non-hydrogen) atoms. The van der Waals surface area contributed by atoms with E-state index < -0.39 is 26.5 Å². The molecule has 0 N–H and O–H groups in total. The number of carbonyl (C=O) groups is 1. The van der Waals surface area contributed by atoms with E-state index in [1.165, 1.54) is 0 Å². The topological polar surface area (TPSA) is 84.2 Å². The maximum atomic E-state index is 11.8. The molecule has 0 amide bonds. The zero-order chi connectivity index (χ0) is 13.3. The van der Waals surface area contributed by atoms with Gasteiger partial charge in [-0.1, -0.05) is 6.92 Å². The van der Waals surface area contributed by atoms with Crippen molar-refractivity contribution >= 4 is 15.8 Å². The number of nitriles is 1. The summed E-state index contributed by atoms with van der Waals surface area (Å²) in [5, 5.41) is 8.60. The van der Waals surface area contributed by atoms with Gasteiger partial charge in [-0.15, -0.1) is 0 Å². The summed E-state index contributed by atoms with van der Waals surface area (Å²) in [4.78, 5) is 11.8. The predicted molar refractivity (Wildman–Crippen MR) is 61.7 cm³/mol. The third-order valence-electron chi connectivity index (χ3n) is 3.45. The molecule has 1 aliphatic rings. The summed E-state index contributed by atoms with van der Waals surface area (Å²) in [6.07, 6.45) is 1.52. The molecule has 0 aliphatic heterocycles. The van der Waals surface area contributed by atoms with Gasteiger partial charge in [-0.05, 0) is 25.7 Å². The second-order valence-electron chi connectivity index (χ2n) is 4.60. The summed E-state index contributed by atoms with van der Waals surface area (Å²) in [6, 6.07) is 1.97. The van der Waals surface area contributed by atoms with E-state index in [4.69, 9.17) is 4.74 Å². The van der Waals surface area contributed by atoms with Crippen molar-refractivity contribution in [3.63, 3.8) is 0 Å². The number of sulfone groups is 1. The minimum absolute atomic E-state index is 0.0440. The smallest absolute Gasteiger partial charge is 0.326 e. The fourth-order valence-corrected chi connectivity index (χ4v) is 3.52. The number of esters is 1. The molecule has 0 radical (unpaired) electrons. The van der Waals surface area contributed by atoms with Crippen molar-refractivity contribution in [1.29, 1.82) is 5.26 Å². The lowest BCUT2D eigenvalue weighted by Gasteiger charge is -2.22. The zero-order valence-electron chi connectivity index (χ0n) is 10.3. The number of hydrogen-bond donors (Lipinski definition) is 0. The van der Waals surface area contributed by atoms with Crippen LogP contribution in [0.25, 0.3) is 0 Å². The van der Waals surface area contributed by atoms with Crippen molar-refractivity contribution in [2.45, 2.75) is 31.9 Å². The molecule has 0 aromatic carbocycles. The summed E-state index contributed by atoms with van der Waals surface area (Å²) in [7, 11) is -3.22. The molecule has 0 heterocycles. The summed E-state index contributed by atoms with van der Waals surface area (Å²) >= 11 is 0. The highest BCUT2D eigenvalue weighted by Gasteiger charge is 2.54. The van der Waals surface area contributed by atoms with Gasteiger partial charge in [-0.25, -0.2) is 8.42 Å². The Morgan fingerprint density at radius 3 is 2.53 bits per heavy atom. The molecule has 0 bridgehead atoms. The number of hydrogen-bond acceptors (Lipinski definition) is 5. The molecule has 5 nitrogen and oxygen atoms in total. The minimum Gasteiger partial charge on any atom is -0.465 e. The molecule has 3 atom stereocenters. The first-order chi connectivity index (χ1) is 7.78. The number of rotatable bonds is 3. The Morgan fingerprint density at radius 2 is 2.18 bits per heavy atom. The first-order valence-electron chi connectivity index (χ1n) is 5.55. The molecule has 0 spiro atoms. The van der Waals surface area contributed by atoms with E-state index in [9.17, 15) is 18.5 Å². The molecule has 0 aromatic heterocycles. The average Bonchev–Trinajstić information content (AvgIpc) is 2.56. The van der Waals surface area contributed by atoms with Gasteiger partial charge in [0.05, 0.1) is 17.9 Å². The Bertz CT molecular complexity index is 451. The van der Waals surface area contributed by atoms with Crippen molar-refractivity contribution in [2.24, 2.45) is 11.3 Å². The molecule has 0 aromatic rings. The van der Waals surface area contributed by atoms with E-state index in [1.54, 1.807) is 13.8 Å². The van der Waals surface area contributed by atoms with Gasteiger partial charge in [-0.2, -0.15) is 5.26 Å². The molecular formula is C11H17NO4S. The zero-order valence-corrected chi connectivity index (χ0v) is 11.1. The number of nitrogens with zero attached hydrogens (tertiary/aromatic N) is 1. The van der Waals surface area contributed by atoms with Crippen LogP contribution >= 0.6 is 0 Å². The molecule has 0 saturated heterocycles.